The van der Waals surface area contributed by atoms with Gasteiger partial charge in [0.2, 0.25) is 5.13 Å². The number of nitrogens with zero attached hydrogens (tertiary/aromatic N) is 2. The van der Waals surface area contributed by atoms with Gasteiger partial charge in [0.05, 0.1) is 12.2 Å². The number of carbonyl (C=O) groups excluding carboxylic acids is 1. The molecule has 5 nitrogen and oxygen atoms in total. The van der Waals surface area contributed by atoms with Crippen LogP contribution >= 0.6 is 11.3 Å². The van der Waals surface area contributed by atoms with Crippen molar-refractivity contribution < 1.29 is 9.53 Å². The normalized spacial score (nSPS) is 16.0. The maximum atomic E-state index is 12.3. The summed E-state index contributed by atoms with van der Waals surface area (Å²) >= 11 is 1.42. The van der Waals surface area contributed by atoms with Crippen LogP contribution in [0, 0.1) is 0 Å². The Hall–Kier alpha value is -1.43. The Balaban J connectivity index is 2.12. The summed E-state index contributed by atoms with van der Waals surface area (Å²) in [4.78, 5) is 12.3. The van der Waals surface area contributed by atoms with E-state index < -0.39 is 0 Å². The van der Waals surface area contributed by atoms with Gasteiger partial charge in [0.15, 0.2) is 0 Å². The van der Waals surface area contributed by atoms with Crippen molar-refractivity contribution in [3.63, 3.8) is 0 Å². The second-order valence-corrected chi connectivity index (χ2v) is 6.80. The van der Waals surface area contributed by atoms with Crippen LogP contribution in [-0.4, -0.2) is 22.7 Å². The highest BCUT2D eigenvalue weighted by Gasteiger charge is 2.23. The molecule has 1 N–H and O–H groups in total. The molecule has 0 aromatic carbocycles. The van der Waals surface area contributed by atoms with E-state index in [0.717, 1.165) is 35.6 Å². The lowest BCUT2D eigenvalue weighted by molar-refractivity contribution is -0.113. The standard InChI is InChI=1S/C14H21N3O2S/c1-5-10-9(7-6-8-19-10)11(18)15-13-17-16-12(20-13)14(2,3)4/h5-8H2,1-4H3,(H,15,17,18). The summed E-state index contributed by atoms with van der Waals surface area (Å²) in [6, 6.07) is 0. The Bertz CT molecular complexity index is 529. The lowest BCUT2D eigenvalue weighted by Crippen LogP contribution is -2.20. The maximum absolute atomic E-state index is 12.3. The minimum absolute atomic E-state index is 0.0531. The molecule has 0 unspecified atom stereocenters. The van der Waals surface area contributed by atoms with Gasteiger partial charge in [0, 0.05) is 11.8 Å². The number of rotatable bonds is 3. The molecule has 20 heavy (non-hydrogen) atoms. The second kappa shape index (κ2) is 5.91. The van der Waals surface area contributed by atoms with E-state index in [1.807, 2.05) is 6.92 Å². The molecule has 0 bridgehead atoms. The quantitative estimate of drug-likeness (QED) is 0.929. The van der Waals surface area contributed by atoms with Crippen LogP contribution in [0.15, 0.2) is 11.3 Å². The number of hydrogen-bond donors (Lipinski definition) is 1. The summed E-state index contributed by atoms with van der Waals surface area (Å²) in [6.07, 6.45) is 2.39. The average Bonchev–Trinajstić information content (AvgIpc) is 2.87. The average molecular weight is 295 g/mol. The van der Waals surface area contributed by atoms with Gasteiger partial charge in [-0.05, 0) is 12.8 Å². The van der Waals surface area contributed by atoms with Gasteiger partial charge < -0.3 is 4.74 Å². The van der Waals surface area contributed by atoms with Gasteiger partial charge in [-0.25, -0.2) is 0 Å². The monoisotopic (exact) mass is 295 g/mol. The van der Waals surface area contributed by atoms with Gasteiger partial charge in [-0.3, -0.25) is 10.1 Å². The molecule has 0 fully saturated rings. The third-order valence-electron chi connectivity index (χ3n) is 3.07. The van der Waals surface area contributed by atoms with Gasteiger partial charge in [0.1, 0.15) is 10.8 Å². The summed E-state index contributed by atoms with van der Waals surface area (Å²) in [5, 5.41) is 12.5. The molecule has 0 atom stereocenters. The first-order valence-electron chi connectivity index (χ1n) is 6.92. The molecule has 1 aliphatic heterocycles. The Labute approximate surface area is 123 Å². The number of allylic oxidation sites excluding steroid dienone is 1. The zero-order valence-corrected chi connectivity index (χ0v) is 13.3. The van der Waals surface area contributed by atoms with E-state index in [0.29, 0.717) is 11.7 Å². The van der Waals surface area contributed by atoms with Crippen LogP contribution in [0.2, 0.25) is 0 Å². The van der Waals surface area contributed by atoms with Crippen LogP contribution in [-0.2, 0) is 14.9 Å². The van der Waals surface area contributed by atoms with Crippen LogP contribution in [0.5, 0.6) is 0 Å². The van der Waals surface area contributed by atoms with Crippen molar-refractivity contribution in [1.82, 2.24) is 10.2 Å². The molecule has 2 heterocycles. The minimum atomic E-state index is -0.113. The van der Waals surface area contributed by atoms with Crippen molar-refractivity contribution in [2.24, 2.45) is 0 Å². The molecule has 0 aliphatic carbocycles. The molecule has 2 rings (SSSR count). The summed E-state index contributed by atoms with van der Waals surface area (Å²) in [5.74, 6) is 0.687. The van der Waals surface area contributed by atoms with Crippen molar-refractivity contribution in [2.75, 3.05) is 11.9 Å². The highest BCUT2D eigenvalue weighted by Crippen LogP contribution is 2.29. The van der Waals surface area contributed by atoms with Crippen molar-refractivity contribution >= 4 is 22.4 Å². The van der Waals surface area contributed by atoms with Crippen molar-refractivity contribution in [1.29, 1.82) is 0 Å². The van der Waals surface area contributed by atoms with E-state index in [-0.39, 0.29) is 11.3 Å². The molecular weight excluding hydrogens is 274 g/mol. The highest BCUT2D eigenvalue weighted by molar-refractivity contribution is 7.15. The second-order valence-electron chi connectivity index (χ2n) is 5.82. The van der Waals surface area contributed by atoms with Crippen molar-refractivity contribution in [3.05, 3.63) is 16.3 Å². The molecule has 0 radical (unpaired) electrons. The Morgan fingerprint density at radius 1 is 1.40 bits per heavy atom. The number of ether oxygens (including phenoxy) is 1. The summed E-state index contributed by atoms with van der Waals surface area (Å²) in [5.41, 5.74) is 0.689. The van der Waals surface area contributed by atoms with E-state index in [1.54, 1.807) is 0 Å². The molecule has 1 amide bonds. The van der Waals surface area contributed by atoms with Gasteiger partial charge in [-0.1, -0.05) is 39.0 Å². The minimum Gasteiger partial charge on any atom is -0.497 e. The van der Waals surface area contributed by atoms with Gasteiger partial charge >= 0.3 is 0 Å². The van der Waals surface area contributed by atoms with E-state index >= 15 is 0 Å². The van der Waals surface area contributed by atoms with Crippen LogP contribution < -0.4 is 5.32 Å². The van der Waals surface area contributed by atoms with Gasteiger partial charge in [-0.2, -0.15) is 0 Å². The van der Waals surface area contributed by atoms with Crippen molar-refractivity contribution in [2.45, 2.75) is 52.4 Å². The predicted octanol–water partition coefficient (Wildman–Crippen LogP) is 3.25. The molecular formula is C14H21N3O2S. The van der Waals surface area contributed by atoms with Crippen LogP contribution in [0.25, 0.3) is 0 Å². The van der Waals surface area contributed by atoms with Crippen LogP contribution in [0.1, 0.15) is 52.0 Å². The number of amides is 1. The fourth-order valence-corrected chi connectivity index (χ4v) is 2.77. The fraction of sp³-hybridized carbons (Fsp3) is 0.643. The molecule has 0 saturated heterocycles. The molecule has 6 heteroatoms. The van der Waals surface area contributed by atoms with Crippen LogP contribution in [0.3, 0.4) is 0 Å². The van der Waals surface area contributed by atoms with E-state index in [4.69, 9.17) is 4.74 Å². The lowest BCUT2D eigenvalue weighted by Gasteiger charge is -2.19. The largest absolute Gasteiger partial charge is 0.497 e. The number of carbonyl (C=O) groups is 1. The summed E-state index contributed by atoms with van der Waals surface area (Å²) in [7, 11) is 0. The van der Waals surface area contributed by atoms with Crippen LogP contribution in [0.4, 0.5) is 5.13 Å². The first-order chi connectivity index (χ1) is 9.41. The molecule has 1 aromatic heterocycles. The third-order valence-corrected chi connectivity index (χ3v) is 4.33. The number of anilines is 1. The zero-order chi connectivity index (χ0) is 14.8. The molecule has 0 saturated carbocycles. The Kier molecular flexibility index (Phi) is 4.42. The first kappa shape index (κ1) is 15.0. The van der Waals surface area contributed by atoms with Gasteiger partial charge in [-0.15, -0.1) is 10.2 Å². The predicted molar refractivity (Wildman–Crippen MR) is 79.7 cm³/mol. The van der Waals surface area contributed by atoms with E-state index in [1.165, 1.54) is 11.3 Å². The molecule has 1 aliphatic rings. The highest BCUT2D eigenvalue weighted by atomic mass is 32.1. The number of nitrogens with one attached hydrogen (secondary N) is 1. The Morgan fingerprint density at radius 2 is 2.15 bits per heavy atom. The maximum Gasteiger partial charge on any atom is 0.256 e. The third kappa shape index (κ3) is 3.36. The first-order valence-corrected chi connectivity index (χ1v) is 7.73. The smallest absolute Gasteiger partial charge is 0.256 e. The summed E-state index contributed by atoms with van der Waals surface area (Å²) < 4.78 is 5.54. The van der Waals surface area contributed by atoms with E-state index in [9.17, 15) is 4.79 Å². The Morgan fingerprint density at radius 3 is 2.75 bits per heavy atom. The van der Waals surface area contributed by atoms with E-state index in [2.05, 4.69) is 36.3 Å². The zero-order valence-electron chi connectivity index (χ0n) is 12.4. The fourth-order valence-electron chi connectivity index (χ4n) is 1.98. The number of aromatic nitrogens is 2. The molecule has 110 valence electrons. The SMILES string of the molecule is CCC1=C(C(=O)Nc2nnc(C(C)(C)C)s2)CCCO1. The lowest BCUT2D eigenvalue weighted by atomic mass is 9.98. The molecule has 0 spiro atoms. The van der Waals surface area contributed by atoms with Gasteiger partial charge in [0.25, 0.3) is 5.91 Å². The van der Waals surface area contributed by atoms with Crippen molar-refractivity contribution in [3.8, 4) is 0 Å². The topological polar surface area (TPSA) is 64.1 Å². The molecule has 1 aromatic rings. The number of hydrogen-bond acceptors (Lipinski definition) is 5. The summed E-state index contributed by atoms with van der Waals surface area (Å²) in [6.45, 7) is 8.92.